The average molecular weight is 214 g/mol. The van der Waals surface area contributed by atoms with Crippen molar-refractivity contribution in [1.29, 1.82) is 0 Å². The predicted octanol–water partition coefficient (Wildman–Crippen LogP) is 3.12. The van der Waals surface area contributed by atoms with E-state index in [9.17, 15) is 0 Å². The third-order valence-corrected chi connectivity index (χ3v) is 1.85. The highest BCUT2D eigenvalue weighted by Gasteiger charge is 2.03. The van der Waals surface area contributed by atoms with E-state index < -0.39 is 0 Å². The summed E-state index contributed by atoms with van der Waals surface area (Å²) in [5.41, 5.74) is 1.00. The molecule has 0 bridgehead atoms. The fourth-order valence-corrected chi connectivity index (χ4v) is 1.25. The standard InChI is InChI=1S/C11H16ClNO/c1-9(2)14-11-6-4-3-5-10(11)13-8-7-12/h3-6,9,13H,7-8H2,1-2H3. The van der Waals surface area contributed by atoms with Gasteiger partial charge in [0.2, 0.25) is 0 Å². The molecule has 1 N–H and O–H groups in total. The molecule has 14 heavy (non-hydrogen) atoms. The molecule has 0 amide bonds. The summed E-state index contributed by atoms with van der Waals surface area (Å²) < 4.78 is 5.64. The molecule has 0 spiro atoms. The van der Waals surface area contributed by atoms with Crippen molar-refractivity contribution in [3.63, 3.8) is 0 Å². The second-order valence-electron chi connectivity index (χ2n) is 3.28. The highest BCUT2D eigenvalue weighted by Crippen LogP contribution is 2.24. The molecule has 0 aliphatic carbocycles. The molecule has 78 valence electrons. The fourth-order valence-electron chi connectivity index (χ4n) is 1.15. The molecule has 0 unspecified atom stereocenters. The second kappa shape index (κ2) is 5.76. The molecular formula is C11H16ClNO. The normalized spacial score (nSPS) is 10.3. The van der Waals surface area contributed by atoms with Crippen molar-refractivity contribution in [2.45, 2.75) is 20.0 Å². The zero-order chi connectivity index (χ0) is 10.4. The lowest BCUT2D eigenvalue weighted by Crippen LogP contribution is -2.09. The first-order valence-corrected chi connectivity index (χ1v) is 5.33. The lowest BCUT2D eigenvalue weighted by Gasteiger charge is -2.14. The minimum absolute atomic E-state index is 0.189. The number of ether oxygens (including phenoxy) is 1. The summed E-state index contributed by atoms with van der Waals surface area (Å²) in [4.78, 5) is 0. The number of halogens is 1. The first-order valence-electron chi connectivity index (χ1n) is 4.79. The molecule has 0 saturated carbocycles. The molecule has 0 saturated heterocycles. The van der Waals surface area contributed by atoms with E-state index in [-0.39, 0.29) is 6.10 Å². The van der Waals surface area contributed by atoms with Crippen LogP contribution in [0.3, 0.4) is 0 Å². The summed E-state index contributed by atoms with van der Waals surface area (Å²) in [6.45, 7) is 4.77. The summed E-state index contributed by atoms with van der Waals surface area (Å²) in [6.07, 6.45) is 0.189. The number of benzene rings is 1. The Hall–Kier alpha value is -0.890. The molecule has 0 aromatic heterocycles. The quantitative estimate of drug-likeness (QED) is 0.759. The Balaban J connectivity index is 2.69. The summed E-state index contributed by atoms with van der Waals surface area (Å²) in [7, 11) is 0. The van der Waals surface area contributed by atoms with E-state index in [0.717, 1.165) is 18.0 Å². The van der Waals surface area contributed by atoms with E-state index >= 15 is 0 Å². The topological polar surface area (TPSA) is 21.3 Å². The monoisotopic (exact) mass is 213 g/mol. The van der Waals surface area contributed by atoms with Gasteiger partial charge in [-0.2, -0.15) is 0 Å². The maximum Gasteiger partial charge on any atom is 0.142 e. The van der Waals surface area contributed by atoms with Crippen LogP contribution in [0.1, 0.15) is 13.8 Å². The molecule has 2 nitrogen and oxygen atoms in total. The molecule has 0 fully saturated rings. The molecule has 1 aromatic carbocycles. The van der Waals surface area contributed by atoms with Crippen LogP contribution in [0.5, 0.6) is 5.75 Å². The van der Waals surface area contributed by atoms with Gasteiger partial charge in [0.25, 0.3) is 0 Å². The lowest BCUT2D eigenvalue weighted by molar-refractivity contribution is 0.243. The molecule has 0 aliphatic rings. The van der Waals surface area contributed by atoms with Crippen molar-refractivity contribution >= 4 is 17.3 Å². The van der Waals surface area contributed by atoms with Crippen LogP contribution in [0.15, 0.2) is 24.3 Å². The molecule has 1 rings (SSSR count). The highest BCUT2D eigenvalue weighted by atomic mass is 35.5. The van der Waals surface area contributed by atoms with Crippen molar-refractivity contribution in [3.05, 3.63) is 24.3 Å². The number of para-hydroxylation sites is 2. The van der Waals surface area contributed by atoms with Gasteiger partial charge in [0.05, 0.1) is 11.8 Å². The summed E-state index contributed by atoms with van der Waals surface area (Å²) >= 11 is 5.61. The summed E-state index contributed by atoms with van der Waals surface area (Å²) in [5.74, 6) is 1.48. The van der Waals surface area contributed by atoms with E-state index in [4.69, 9.17) is 16.3 Å². The minimum atomic E-state index is 0.189. The maximum atomic E-state index is 5.64. The summed E-state index contributed by atoms with van der Waals surface area (Å²) in [6, 6.07) is 7.88. The number of hydrogen-bond acceptors (Lipinski definition) is 2. The zero-order valence-electron chi connectivity index (χ0n) is 8.59. The van der Waals surface area contributed by atoms with Crippen LogP contribution in [0.2, 0.25) is 0 Å². The van der Waals surface area contributed by atoms with Gasteiger partial charge in [-0.05, 0) is 26.0 Å². The lowest BCUT2D eigenvalue weighted by atomic mass is 10.3. The van der Waals surface area contributed by atoms with Crippen LogP contribution in [0.4, 0.5) is 5.69 Å². The van der Waals surface area contributed by atoms with Crippen LogP contribution in [0.25, 0.3) is 0 Å². The number of rotatable bonds is 5. The van der Waals surface area contributed by atoms with E-state index in [2.05, 4.69) is 5.32 Å². The van der Waals surface area contributed by atoms with E-state index in [1.807, 2.05) is 38.1 Å². The maximum absolute atomic E-state index is 5.64. The van der Waals surface area contributed by atoms with Crippen molar-refractivity contribution in [2.75, 3.05) is 17.7 Å². The van der Waals surface area contributed by atoms with Crippen LogP contribution in [-0.4, -0.2) is 18.5 Å². The average Bonchev–Trinajstić information content (AvgIpc) is 2.16. The van der Waals surface area contributed by atoms with Crippen molar-refractivity contribution in [2.24, 2.45) is 0 Å². The van der Waals surface area contributed by atoms with Gasteiger partial charge in [0.15, 0.2) is 0 Å². The Bertz CT molecular complexity index is 276. The van der Waals surface area contributed by atoms with Crippen molar-refractivity contribution in [1.82, 2.24) is 0 Å². The molecule has 0 radical (unpaired) electrons. The van der Waals surface area contributed by atoms with Gasteiger partial charge < -0.3 is 10.1 Å². The van der Waals surface area contributed by atoms with Crippen molar-refractivity contribution < 1.29 is 4.74 Å². The SMILES string of the molecule is CC(C)Oc1ccccc1NCCCl. The zero-order valence-corrected chi connectivity index (χ0v) is 9.34. The molecular weight excluding hydrogens is 198 g/mol. The van der Waals surface area contributed by atoms with Gasteiger partial charge in [-0.3, -0.25) is 0 Å². The smallest absolute Gasteiger partial charge is 0.142 e. The molecule has 3 heteroatoms. The number of nitrogens with one attached hydrogen (secondary N) is 1. The van der Waals surface area contributed by atoms with Crippen molar-refractivity contribution in [3.8, 4) is 5.75 Å². The molecule has 1 aromatic rings. The molecule has 0 aliphatic heterocycles. The van der Waals surface area contributed by atoms with Gasteiger partial charge in [-0.1, -0.05) is 12.1 Å². The number of hydrogen-bond donors (Lipinski definition) is 1. The number of anilines is 1. The Kier molecular flexibility index (Phi) is 4.60. The largest absolute Gasteiger partial charge is 0.489 e. The number of alkyl halides is 1. The van der Waals surface area contributed by atoms with Crippen LogP contribution in [-0.2, 0) is 0 Å². The van der Waals surface area contributed by atoms with Crippen LogP contribution >= 0.6 is 11.6 Å². The van der Waals surface area contributed by atoms with E-state index in [1.54, 1.807) is 0 Å². The van der Waals surface area contributed by atoms with Crippen LogP contribution < -0.4 is 10.1 Å². The Morgan fingerprint density at radius 3 is 2.71 bits per heavy atom. The van der Waals surface area contributed by atoms with E-state index in [1.165, 1.54) is 0 Å². The van der Waals surface area contributed by atoms with Gasteiger partial charge >= 0.3 is 0 Å². The van der Waals surface area contributed by atoms with Gasteiger partial charge in [0.1, 0.15) is 5.75 Å². The Labute approximate surface area is 90.2 Å². The second-order valence-corrected chi connectivity index (χ2v) is 3.66. The molecule has 0 atom stereocenters. The van der Waals surface area contributed by atoms with E-state index in [0.29, 0.717) is 5.88 Å². The Morgan fingerprint density at radius 1 is 1.36 bits per heavy atom. The third kappa shape index (κ3) is 3.46. The van der Waals surface area contributed by atoms with Crippen LogP contribution in [0, 0.1) is 0 Å². The first-order chi connectivity index (χ1) is 6.74. The Morgan fingerprint density at radius 2 is 2.07 bits per heavy atom. The highest BCUT2D eigenvalue weighted by molar-refractivity contribution is 6.18. The summed E-state index contributed by atoms with van der Waals surface area (Å²) in [5, 5.41) is 3.21. The third-order valence-electron chi connectivity index (χ3n) is 1.66. The van der Waals surface area contributed by atoms with Gasteiger partial charge in [0, 0.05) is 12.4 Å². The van der Waals surface area contributed by atoms with Gasteiger partial charge in [-0.25, -0.2) is 0 Å². The minimum Gasteiger partial charge on any atom is -0.489 e. The van der Waals surface area contributed by atoms with Gasteiger partial charge in [-0.15, -0.1) is 11.6 Å². The molecule has 0 heterocycles. The predicted molar refractivity (Wildman–Crippen MR) is 61.4 cm³/mol. The fraction of sp³-hybridized carbons (Fsp3) is 0.455. The first kappa shape index (κ1) is 11.2.